The van der Waals surface area contributed by atoms with Gasteiger partial charge in [-0.1, -0.05) is 18.2 Å². The number of fused-ring (bicyclic) bond motifs is 1. The molecule has 3 N–H and O–H groups in total. The Labute approximate surface area is 280 Å². The summed E-state index contributed by atoms with van der Waals surface area (Å²) in [6.45, 7) is 1.33. The lowest BCUT2D eigenvalue weighted by Gasteiger charge is -2.39. The molecular weight excluding hydrogens is 658 g/mol. The highest BCUT2D eigenvalue weighted by Crippen LogP contribution is 2.42. The van der Waals surface area contributed by atoms with Crippen LogP contribution in [-0.2, 0) is 34.7 Å². The van der Waals surface area contributed by atoms with E-state index >= 15 is 0 Å². The van der Waals surface area contributed by atoms with Crippen LogP contribution in [0.15, 0.2) is 36.4 Å². The van der Waals surface area contributed by atoms with Gasteiger partial charge in [0.15, 0.2) is 6.10 Å². The number of anilines is 2. The molecule has 2 fully saturated rings. The van der Waals surface area contributed by atoms with Crippen molar-refractivity contribution in [3.63, 3.8) is 0 Å². The highest BCUT2D eigenvalue weighted by Gasteiger charge is 2.42. The van der Waals surface area contributed by atoms with Crippen LogP contribution in [0.4, 0.5) is 47.3 Å². The van der Waals surface area contributed by atoms with E-state index in [0.717, 1.165) is 11.3 Å². The zero-order valence-corrected chi connectivity index (χ0v) is 27.2. The van der Waals surface area contributed by atoms with Gasteiger partial charge in [0, 0.05) is 56.9 Å². The summed E-state index contributed by atoms with van der Waals surface area (Å²) < 4.78 is 88.3. The number of alkyl halides is 6. The number of amides is 4. The Morgan fingerprint density at radius 1 is 0.918 bits per heavy atom. The number of likely N-dealkylation sites (tertiary alicyclic amines) is 2. The molecule has 3 heterocycles. The predicted octanol–water partition coefficient (Wildman–Crippen LogP) is 5.46. The van der Waals surface area contributed by atoms with Gasteiger partial charge in [-0.05, 0) is 75.5 Å². The molecule has 2 aromatic carbocycles. The Kier molecular flexibility index (Phi) is 10.6. The first-order valence-corrected chi connectivity index (χ1v) is 16.2. The number of carbonyl (C=O) groups is 3. The molecular formula is C33H40F6N6O4. The Hall–Kier alpha value is -4.21. The Bertz CT molecular complexity index is 1500. The number of nitrogens with two attached hydrogens (primary N) is 1. The van der Waals surface area contributed by atoms with Gasteiger partial charge in [-0.3, -0.25) is 4.79 Å². The molecule has 0 saturated carbocycles. The van der Waals surface area contributed by atoms with Crippen molar-refractivity contribution >= 4 is 29.4 Å². The van der Waals surface area contributed by atoms with Crippen molar-refractivity contribution in [2.45, 2.75) is 69.1 Å². The molecule has 4 amide bonds. The maximum absolute atomic E-state index is 13.8. The molecule has 0 aliphatic carbocycles. The molecule has 3 aliphatic heterocycles. The van der Waals surface area contributed by atoms with E-state index in [-0.39, 0.29) is 44.3 Å². The smallest absolute Gasteiger partial charge is 0.418 e. The zero-order valence-electron chi connectivity index (χ0n) is 27.2. The van der Waals surface area contributed by atoms with E-state index in [9.17, 15) is 40.7 Å². The van der Waals surface area contributed by atoms with Gasteiger partial charge < -0.3 is 35.4 Å². The second kappa shape index (κ2) is 14.3. The number of hydrogen-bond acceptors (Lipinski definition) is 6. The fourth-order valence-corrected chi connectivity index (χ4v) is 6.79. The molecule has 1 atom stereocenters. The molecule has 0 aromatic heterocycles. The third-order valence-electron chi connectivity index (χ3n) is 9.60. The molecule has 268 valence electrons. The molecule has 0 radical (unpaired) electrons. The lowest BCUT2D eigenvalue weighted by atomic mass is 9.97. The number of ether oxygens (including phenoxy) is 1. The first kappa shape index (κ1) is 36.1. The average Bonchev–Trinajstić information content (AvgIpc) is 3.21. The van der Waals surface area contributed by atoms with Gasteiger partial charge in [0.2, 0.25) is 0 Å². The Morgan fingerprint density at radius 2 is 1.49 bits per heavy atom. The van der Waals surface area contributed by atoms with Crippen LogP contribution in [0.1, 0.15) is 47.9 Å². The molecule has 3 aliphatic rings. The van der Waals surface area contributed by atoms with Crippen LogP contribution >= 0.6 is 0 Å². The summed E-state index contributed by atoms with van der Waals surface area (Å²) in [6.07, 6.45) is -11.1. The fourth-order valence-electron chi connectivity index (χ4n) is 6.79. The van der Waals surface area contributed by atoms with E-state index in [1.807, 2.05) is 43.3 Å². The van der Waals surface area contributed by atoms with Crippen molar-refractivity contribution in [3.8, 4) is 0 Å². The van der Waals surface area contributed by atoms with Crippen LogP contribution in [0.25, 0.3) is 0 Å². The minimum Gasteiger partial charge on any atom is -0.436 e. The number of nitrogens with zero attached hydrogens (tertiary/aromatic N) is 4. The van der Waals surface area contributed by atoms with E-state index < -0.39 is 59.3 Å². The lowest BCUT2D eigenvalue weighted by Crippen LogP contribution is -2.52. The zero-order chi connectivity index (χ0) is 35.7. The number of piperidine rings is 2. The van der Waals surface area contributed by atoms with E-state index in [1.54, 1.807) is 4.90 Å². The first-order valence-electron chi connectivity index (χ1n) is 16.2. The van der Waals surface area contributed by atoms with Crippen LogP contribution in [0.2, 0.25) is 0 Å². The van der Waals surface area contributed by atoms with Gasteiger partial charge in [0.05, 0.1) is 16.8 Å². The fraction of sp³-hybridized carbons (Fsp3) is 0.545. The van der Waals surface area contributed by atoms with Crippen LogP contribution in [0.3, 0.4) is 0 Å². The monoisotopic (exact) mass is 698 g/mol. The number of rotatable bonds is 6. The molecule has 49 heavy (non-hydrogen) atoms. The van der Waals surface area contributed by atoms with E-state index in [1.165, 1.54) is 9.80 Å². The summed E-state index contributed by atoms with van der Waals surface area (Å²) in [5, 5.41) is 2.92. The minimum atomic E-state index is -5.21. The number of hydrogen-bond donors (Lipinski definition) is 2. The normalized spacial score (nSPS) is 19.0. The molecule has 5 rings (SSSR count). The van der Waals surface area contributed by atoms with Crippen molar-refractivity contribution < 1.29 is 45.5 Å². The number of nitrogens with one attached hydrogen (secondary N) is 1. The Balaban J connectivity index is 1.32. The van der Waals surface area contributed by atoms with Gasteiger partial charge in [0.25, 0.3) is 5.91 Å². The number of nitrogen functional groups attached to an aromatic ring is 1. The molecule has 0 bridgehead atoms. The molecule has 0 spiro atoms. The highest BCUT2D eigenvalue weighted by atomic mass is 19.4. The average molecular weight is 699 g/mol. The van der Waals surface area contributed by atoms with E-state index in [0.29, 0.717) is 50.8 Å². The third kappa shape index (κ3) is 8.33. The van der Waals surface area contributed by atoms with Gasteiger partial charge >= 0.3 is 24.5 Å². The quantitative estimate of drug-likeness (QED) is 0.306. The number of benzene rings is 2. The van der Waals surface area contributed by atoms with Crippen molar-refractivity contribution in [2.75, 3.05) is 57.9 Å². The number of carbonyl (C=O) groups excluding carboxylic acids is 3. The van der Waals surface area contributed by atoms with Crippen molar-refractivity contribution in [2.24, 2.45) is 0 Å². The van der Waals surface area contributed by atoms with Crippen molar-refractivity contribution in [3.05, 3.63) is 58.7 Å². The number of urea groups is 1. The maximum atomic E-state index is 13.8. The summed E-state index contributed by atoms with van der Waals surface area (Å²) in [7, 11) is 3.79. The molecule has 16 heteroatoms. The van der Waals surface area contributed by atoms with Gasteiger partial charge in [-0.2, -0.15) is 26.3 Å². The molecule has 1 unspecified atom stereocenters. The Morgan fingerprint density at radius 3 is 2.06 bits per heavy atom. The third-order valence-corrected chi connectivity index (χ3v) is 9.60. The molecule has 2 aromatic rings. The predicted molar refractivity (Wildman–Crippen MR) is 169 cm³/mol. The lowest BCUT2D eigenvalue weighted by molar-refractivity contribution is -0.142. The topological polar surface area (TPSA) is 111 Å². The van der Waals surface area contributed by atoms with Crippen LogP contribution < -0.4 is 11.1 Å². The summed E-state index contributed by atoms with van der Waals surface area (Å²) in [4.78, 5) is 46.7. The van der Waals surface area contributed by atoms with Gasteiger partial charge in [0.1, 0.15) is 0 Å². The number of halogens is 6. The first-order chi connectivity index (χ1) is 23.0. The summed E-state index contributed by atoms with van der Waals surface area (Å²) >= 11 is 0. The number of para-hydroxylation sites is 1. The van der Waals surface area contributed by atoms with Gasteiger partial charge in [-0.25, -0.2) is 9.59 Å². The second-order valence-electron chi connectivity index (χ2n) is 12.9. The summed E-state index contributed by atoms with van der Waals surface area (Å²) in [5.74, 6) is -0.708. The van der Waals surface area contributed by atoms with Crippen molar-refractivity contribution in [1.29, 1.82) is 0 Å². The maximum Gasteiger partial charge on any atom is 0.418 e. The van der Waals surface area contributed by atoms with Crippen LogP contribution in [0.5, 0.6) is 0 Å². The minimum absolute atomic E-state index is 0.160. The van der Waals surface area contributed by atoms with Crippen molar-refractivity contribution in [1.82, 2.24) is 19.6 Å². The SMILES string of the molecule is CN(C)C1CCN(C(=O)C(Cc2cc(C(F)(F)F)c(N)c(C(F)(F)F)c2)OC(=O)N2CCC(N3CCc4ccccc4NC3=O)CC2)CC1. The summed E-state index contributed by atoms with van der Waals surface area (Å²) in [6, 6.07) is 8.16. The van der Waals surface area contributed by atoms with E-state index in [2.05, 4.69) is 5.32 Å². The highest BCUT2D eigenvalue weighted by molar-refractivity contribution is 5.91. The molecule has 2 saturated heterocycles. The standard InChI is InChI=1S/C33H40F6N6O4/c1-42(2)22-8-12-43(13-9-22)29(46)27(19-20-17-24(32(34,35)36)28(40)25(18-20)33(37,38)39)49-31(48)44-14-10-23(11-15-44)45-16-7-21-5-3-4-6-26(21)41-30(45)47/h3-6,17-18,22-23,27H,7-16,19,40H2,1-2H3,(H,41,47). The van der Waals surface area contributed by atoms with Crippen LogP contribution in [0, 0.1) is 0 Å². The second-order valence-corrected chi connectivity index (χ2v) is 12.9. The van der Waals surface area contributed by atoms with Crippen LogP contribution in [-0.4, -0.2) is 103 Å². The van der Waals surface area contributed by atoms with Gasteiger partial charge in [-0.15, -0.1) is 0 Å². The summed E-state index contributed by atoms with van der Waals surface area (Å²) in [5.41, 5.74) is 1.70. The molecule has 10 nitrogen and oxygen atoms in total. The largest absolute Gasteiger partial charge is 0.436 e. The van der Waals surface area contributed by atoms with E-state index in [4.69, 9.17) is 10.5 Å².